The molecule has 1 aliphatic heterocycles. The third-order valence-corrected chi connectivity index (χ3v) is 4.08. The number of carbonyl (C=O) groups excluding carboxylic acids is 2. The molecule has 1 fully saturated rings. The van der Waals surface area contributed by atoms with Gasteiger partial charge in [0.05, 0.1) is 5.69 Å². The Morgan fingerprint density at radius 3 is 2.38 bits per heavy atom. The average molecular weight is 344 g/mol. The van der Waals surface area contributed by atoms with E-state index >= 15 is 0 Å². The number of nitrogens with zero attached hydrogens (tertiary/aromatic N) is 1. The summed E-state index contributed by atoms with van der Waals surface area (Å²) in [6.07, 6.45) is 1.26. The SMILES string of the molecule is Cc1ccc(-c2csc(NC=C3C(=O)OC(C)(C)OC3=O)n2)cc1. The Hall–Kier alpha value is -2.67. The maximum absolute atomic E-state index is 11.9. The minimum Gasteiger partial charge on any atom is -0.419 e. The molecule has 0 radical (unpaired) electrons. The monoisotopic (exact) mass is 344 g/mol. The lowest BCUT2D eigenvalue weighted by Gasteiger charge is -2.29. The van der Waals surface area contributed by atoms with Gasteiger partial charge in [0, 0.05) is 31.0 Å². The number of thiazole rings is 1. The summed E-state index contributed by atoms with van der Waals surface area (Å²) in [5, 5.41) is 5.30. The van der Waals surface area contributed by atoms with Crippen molar-refractivity contribution in [2.24, 2.45) is 0 Å². The molecule has 1 saturated heterocycles. The number of benzene rings is 1. The Morgan fingerprint density at radius 2 is 1.75 bits per heavy atom. The highest BCUT2D eigenvalue weighted by molar-refractivity contribution is 7.14. The molecule has 24 heavy (non-hydrogen) atoms. The van der Waals surface area contributed by atoms with Gasteiger partial charge in [0.25, 0.3) is 5.79 Å². The summed E-state index contributed by atoms with van der Waals surface area (Å²) in [5.74, 6) is -2.69. The van der Waals surface area contributed by atoms with Crippen molar-refractivity contribution in [3.63, 3.8) is 0 Å². The fraction of sp³-hybridized carbons (Fsp3) is 0.235. The molecular formula is C17H16N2O4S. The average Bonchev–Trinajstić information content (AvgIpc) is 2.95. The third-order valence-electron chi connectivity index (χ3n) is 3.31. The Balaban J connectivity index is 1.74. The van der Waals surface area contributed by atoms with Crippen LogP contribution in [0.4, 0.5) is 5.13 Å². The van der Waals surface area contributed by atoms with E-state index in [4.69, 9.17) is 9.47 Å². The molecular weight excluding hydrogens is 328 g/mol. The van der Waals surface area contributed by atoms with E-state index in [1.54, 1.807) is 0 Å². The standard InChI is InChI=1S/C17H16N2O4S/c1-10-4-6-11(7-5-10)13-9-24-16(19-13)18-8-12-14(20)22-17(2,3)23-15(12)21/h4-9H,1-3H3,(H,18,19). The minimum absolute atomic E-state index is 0.193. The maximum Gasteiger partial charge on any atom is 0.350 e. The van der Waals surface area contributed by atoms with Gasteiger partial charge in [-0.15, -0.1) is 11.3 Å². The third kappa shape index (κ3) is 3.46. The van der Waals surface area contributed by atoms with Crippen molar-refractivity contribution >= 4 is 28.4 Å². The number of ether oxygens (including phenoxy) is 2. The number of rotatable bonds is 3. The molecule has 0 unspecified atom stereocenters. The van der Waals surface area contributed by atoms with Crippen molar-refractivity contribution in [2.75, 3.05) is 5.32 Å². The second-order valence-electron chi connectivity index (χ2n) is 5.79. The molecule has 2 aromatic rings. The molecule has 1 aromatic heterocycles. The molecule has 1 aromatic carbocycles. The van der Waals surface area contributed by atoms with Gasteiger partial charge in [-0.2, -0.15) is 0 Å². The number of aryl methyl sites for hydroxylation is 1. The molecule has 0 aliphatic carbocycles. The van der Waals surface area contributed by atoms with Crippen molar-refractivity contribution in [3.05, 3.63) is 47.0 Å². The summed E-state index contributed by atoms with van der Waals surface area (Å²) in [6.45, 7) is 5.02. The molecule has 1 aliphatic rings. The maximum atomic E-state index is 11.9. The van der Waals surface area contributed by atoms with Crippen LogP contribution in [0.15, 0.2) is 41.4 Å². The number of anilines is 1. The normalized spacial score (nSPS) is 16.4. The molecule has 2 heterocycles. The second-order valence-corrected chi connectivity index (χ2v) is 6.64. The second kappa shape index (κ2) is 6.09. The van der Waals surface area contributed by atoms with Gasteiger partial charge in [0.2, 0.25) is 0 Å². The van der Waals surface area contributed by atoms with Gasteiger partial charge in [-0.1, -0.05) is 29.8 Å². The van der Waals surface area contributed by atoms with Gasteiger partial charge < -0.3 is 14.8 Å². The van der Waals surface area contributed by atoms with E-state index < -0.39 is 17.7 Å². The van der Waals surface area contributed by atoms with Gasteiger partial charge in [0.1, 0.15) is 0 Å². The van der Waals surface area contributed by atoms with Crippen LogP contribution in [-0.4, -0.2) is 22.7 Å². The molecule has 6 nitrogen and oxygen atoms in total. The molecule has 0 atom stereocenters. The van der Waals surface area contributed by atoms with Gasteiger partial charge in [0.15, 0.2) is 10.7 Å². The first-order valence-corrected chi connectivity index (χ1v) is 8.18. The van der Waals surface area contributed by atoms with Crippen LogP contribution in [0.3, 0.4) is 0 Å². The molecule has 1 N–H and O–H groups in total. The number of cyclic esters (lactones) is 2. The first-order chi connectivity index (χ1) is 11.3. The fourth-order valence-electron chi connectivity index (χ4n) is 2.11. The highest BCUT2D eigenvalue weighted by atomic mass is 32.1. The molecule has 0 spiro atoms. The van der Waals surface area contributed by atoms with Crippen LogP contribution in [0.2, 0.25) is 0 Å². The van der Waals surface area contributed by atoms with Crippen LogP contribution in [0, 0.1) is 6.92 Å². The van der Waals surface area contributed by atoms with Gasteiger partial charge in [-0.05, 0) is 6.92 Å². The minimum atomic E-state index is -1.24. The molecule has 3 rings (SSSR count). The van der Waals surface area contributed by atoms with E-state index in [0.717, 1.165) is 11.3 Å². The summed E-state index contributed by atoms with van der Waals surface area (Å²) >= 11 is 1.37. The van der Waals surface area contributed by atoms with Crippen LogP contribution in [0.5, 0.6) is 0 Å². The Bertz CT molecular complexity index is 799. The predicted molar refractivity (Wildman–Crippen MR) is 90.3 cm³/mol. The van der Waals surface area contributed by atoms with Crippen LogP contribution < -0.4 is 5.32 Å². The highest BCUT2D eigenvalue weighted by Crippen LogP contribution is 2.26. The van der Waals surface area contributed by atoms with Crippen molar-refractivity contribution in [2.45, 2.75) is 26.6 Å². The number of hydrogen-bond acceptors (Lipinski definition) is 7. The lowest BCUT2D eigenvalue weighted by atomic mass is 10.1. The summed E-state index contributed by atoms with van der Waals surface area (Å²) in [5.41, 5.74) is 2.79. The Morgan fingerprint density at radius 1 is 1.12 bits per heavy atom. The lowest BCUT2D eigenvalue weighted by Crippen LogP contribution is -2.42. The largest absolute Gasteiger partial charge is 0.419 e. The zero-order valence-electron chi connectivity index (χ0n) is 13.5. The first kappa shape index (κ1) is 16.2. The molecule has 0 amide bonds. The smallest absolute Gasteiger partial charge is 0.350 e. The van der Waals surface area contributed by atoms with Crippen molar-refractivity contribution < 1.29 is 19.1 Å². The number of aromatic nitrogens is 1. The lowest BCUT2D eigenvalue weighted by molar-refractivity contribution is -0.222. The van der Waals surface area contributed by atoms with Crippen molar-refractivity contribution in [1.82, 2.24) is 4.98 Å². The fourth-order valence-corrected chi connectivity index (χ4v) is 2.80. The van der Waals surface area contributed by atoms with E-state index in [-0.39, 0.29) is 5.57 Å². The summed E-state index contributed by atoms with van der Waals surface area (Å²) in [4.78, 5) is 28.1. The van der Waals surface area contributed by atoms with E-state index in [2.05, 4.69) is 10.3 Å². The van der Waals surface area contributed by atoms with Crippen LogP contribution in [-0.2, 0) is 19.1 Å². The van der Waals surface area contributed by atoms with Gasteiger partial charge in [-0.25, -0.2) is 14.6 Å². The van der Waals surface area contributed by atoms with E-state index in [0.29, 0.717) is 5.13 Å². The molecule has 0 saturated carbocycles. The zero-order chi connectivity index (χ0) is 17.3. The number of hydrogen-bond donors (Lipinski definition) is 1. The summed E-state index contributed by atoms with van der Waals surface area (Å²) in [6, 6.07) is 8.01. The van der Waals surface area contributed by atoms with Crippen LogP contribution in [0.25, 0.3) is 11.3 Å². The first-order valence-electron chi connectivity index (χ1n) is 7.30. The van der Waals surface area contributed by atoms with E-state index in [1.165, 1.54) is 36.9 Å². The van der Waals surface area contributed by atoms with Crippen molar-refractivity contribution in [3.8, 4) is 11.3 Å². The van der Waals surface area contributed by atoms with Gasteiger partial charge >= 0.3 is 11.9 Å². The number of esters is 2. The van der Waals surface area contributed by atoms with Gasteiger partial charge in [-0.3, -0.25) is 0 Å². The van der Waals surface area contributed by atoms with E-state index in [9.17, 15) is 9.59 Å². The van der Waals surface area contributed by atoms with E-state index in [1.807, 2.05) is 36.6 Å². The molecule has 7 heteroatoms. The number of nitrogens with one attached hydrogen (secondary N) is 1. The molecule has 124 valence electrons. The summed E-state index contributed by atoms with van der Waals surface area (Å²) in [7, 11) is 0. The Kier molecular flexibility index (Phi) is 4.11. The van der Waals surface area contributed by atoms with Crippen LogP contribution >= 0.6 is 11.3 Å². The quantitative estimate of drug-likeness (QED) is 0.523. The molecule has 0 bridgehead atoms. The highest BCUT2D eigenvalue weighted by Gasteiger charge is 2.38. The Labute approximate surface area is 143 Å². The zero-order valence-corrected chi connectivity index (χ0v) is 14.3. The predicted octanol–water partition coefficient (Wildman–Crippen LogP) is 3.25. The van der Waals surface area contributed by atoms with Crippen LogP contribution in [0.1, 0.15) is 19.4 Å². The topological polar surface area (TPSA) is 77.5 Å². The number of carbonyl (C=O) groups is 2. The van der Waals surface area contributed by atoms with Crippen molar-refractivity contribution in [1.29, 1.82) is 0 Å². The summed E-state index contributed by atoms with van der Waals surface area (Å²) < 4.78 is 10.0.